The van der Waals surface area contributed by atoms with Crippen LogP contribution < -0.4 is 0 Å². The third kappa shape index (κ3) is 2.12. The molecule has 1 aliphatic rings. The molecule has 13 heavy (non-hydrogen) atoms. The first kappa shape index (κ1) is 10.7. The zero-order valence-corrected chi connectivity index (χ0v) is 9.55. The quantitative estimate of drug-likeness (QED) is 0.562. The highest BCUT2D eigenvalue weighted by atomic mass is 16.1. The molecule has 0 aromatic heterocycles. The van der Waals surface area contributed by atoms with Crippen LogP contribution in [0.5, 0.6) is 0 Å². The topological polar surface area (TPSA) is 17.1 Å². The van der Waals surface area contributed by atoms with Crippen molar-refractivity contribution in [1.82, 2.24) is 0 Å². The van der Waals surface area contributed by atoms with E-state index in [-0.39, 0.29) is 11.3 Å². The van der Waals surface area contributed by atoms with Crippen LogP contribution in [0.2, 0.25) is 0 Å². The number of carbonyl (C=O) groups excluding carboxylic acids is 1. The van der Waals surface area contributed by atoms with Gasteiger partial charge >= 0.3 is 0 Å². The highest BCUT2D eigenvalue weighted by molar-refractivity contribution is 5.84. The van der Waals surface area contributed by atoms with Crippen LogP contribution in [0.25, 0.3) is 0 Å². The zero-order chi connectivity index (χ0) is 10.2. The van der Waals surface area contributed by atoms with Crippen LogP contribution in [0.1, 0.15) is 47.5 Å². The summed E-state index contributed by atoms with van der Waals surface area (Å²) in [5, 5.41) is 0. The van der Waals surface area contributed by atoms with E-state index in [1.807, 2.05) is 0 Å². The molecule has 0 spiro atoms. The Kier molecular flexibility index (Phi) is 2.84. The van der Waals surface area contributed by atoms with Crippen LogP contribution in [0.4, 0.5) is 0 Å². The van der Waals surface area contributed by atoms with Crippen molar-refractivity contribution in [2.75, 3.05) is 0 Å². The van der Waals surface area contributed by atoms with E-state index in [9.17, 15) is 4.79 Å². The molecule has 1 rings (SSSR count). The minimum atomic E-state index is 0.158. The second-order valence-corrected chi connectivity index (χ2v) is 5.66. The van der Waals surface area contributed by atoms with Crippen LogP contribution in [0.3, 0.4) is 0 Å². The highest BCUT2D eigenvalue weighted by Gasteiger charge is 2.38. The molecule has 0 aromatic carbocycles. The summed E-state index contributed by atoms with van der Waals surface area (Å²) in [5.74, 6) is 1.65. The Morgan fingerprint density at radius 1 is 1.15 bits per heavy atom. The van der Waals surface area contributed by atoms with Crippen molar-refractivity contribution in [3.63, 3.8) is 0 Å². The average Bonchev–Trinajstić information content (AvgIpc) is 1.98. The van der Waals surface area contributed by atoms with E-state index in [1.54, 1.807) is 0 Å². The molecule has 3 atom stereocenters. The monoisotopic (exact) mass is 182 g/mol. The SMILES string of the molecule is C[C@@H]1C(=O)[C@H](C(C)(C)C)CC[C@@H]1C. The number of rotatable bonds is 0. The average molecular weight is 182 g/mol. The lowest BCUT2D eigenvalue weighted by Gasteiger charge is -2.38. The van der Waals surface area contributed by atoms with E-state index in [0.29, 0.717) is 17.6 Å². The molecule has 0 heterocycles. The van der Waals surface area contributed by atoms with Crippen LogP contribution >= 0.6 is 0 Å². The van der Waals surface area contributed by atoms with Gasteiger partial charge in [-0.2, -0.15) is 0 Å². The van der Waals surface area contributed by atoms with E-state index in [1.165, 1.54) is 6.42 Å². The van der Waals surface area contributed by atoms with Crippen molar-refractivity contribution in [1.29, 1.82) is 0 Å². The molecule has 0 radical (unpaired) electrons. The standard InChI is InChI=1S/C12H22O/c1-8-6-7-10(12(3,4)5)11(13)9(8)2/h8-10H,6-7H2,1-5H3/t8-,9-,10+/m0/s1. The lowest BCUT2D eigenvalue weighted by molar-refractivity contribution is -0.134. The molecule has 1 heteroatoms. The summed E-state index contributed by atoms with van der Waals surface area (Å²) in [4.78, 5) is 12.0. The van der Waals surface area contributed by atoms with E-state index in [2.05, 4.69) is 34.6 Å². The summed E-state index contributed by atoms with van der Waals surface area (Å²) in [6.07, 6.45) is 2.31. The molecule has 0 amide bonds. The fourth-order valence-electron chi connectivity index (χ4n) is 2.28. The van der Waals surface area contributed by atoms with Gasteiger partial charge in [0, 0.05) is 11.8 Å². The van der Waals surface area contributed by atoms with Gasteiger partial charge in [0.1, 0.15) is 5.78 Å². The summed E-state index contributed by atoms with van der Waals surface area (Å²) in [6, 6.07) is 0. The maximum atomic E-state index is 12.0. The van der Waals surface area contributed by atoms with E-state index in [0.717, 1.165) is 6.42 Å². The Morgan fingerprint density at radius 3 is 2.15 bits per heavy atom. The molecule has 1 nitrogen and oxygen atoms in total. The third-order valence-corrected chi connectivity index (χ3v) is 3.60. The lowest BCUT2D eigenvalue weighted by Crippen LogP contribution is -2.38. The van der Waals surface area contributed by atoms with Gasteiger partial charge in [0.15, 0.2) is 0 Å². The fourth-order valence-corrected chi connectivity index (χ4v) is 2.28. The normalized spacial score (nSPS) is 36.4. The first-order valence-electron chi connectivity index (χ1n) is 5.37. The van der Waals surface area contributed by atoms with Crippen molar-refractivity contribution < 1.29 is 4.79 Å². The Hall–Kier alpha value is -0.330. The lowest BCUT2D eigenvalue weighted by atomic mass is 9.65. The van der Waals surface area contributed by atoms with Gasteiger partial charge < -0.3 is 0 Å². The predicted octanol–water partition coefficient (Wildman–Crippen LogP) is 3.28. The Balaban J connectivity index is 2.76. The van der Waals surface area contributed by atoms with Crippen molar-refractivity contribution in [3.8, 4) is 0 Å². The summed E-state index contributed by atoms with van der Waals surface area (Å²) >= 11 is 0. The predicted molar refractivity (Wildman–Crippen MR) is 55.5 cm³/mol. The number of hydrogen-bond acceptors (Lipinski definition) is 1. The van der Waals surface area contributed by atoms with E-state index >= 15 is 0 Å². The van der Waals surface area contributed by atoms with Crippen molar-refractivity contribution >= 4 is 5.78 Å². The molecular formula is C12H22O. The summed E-state index contributed by atoms with van der Waals surface area (Å²) < 4.78 is 0. The molecule has 0 N–H and O–H groups in total. The van der Waals surface area contributed by atoms with Gasteiger partial charge in [-0.3, -0.25) is 4.79 Å². The van der Waals surface area contributed by atoms with Crippen molar-refractivity contribution in [3.05, 3.63) is 0 Å². The van der Waals surface area contributed by atoms with Gasteiger partial charge in [0.25, 0.3) is 0 Å². The van der Waals surface area contributed by atoms with Crippen molar-refractivity contribution in [2.45, 2.75) is 47.5 Å². The molecule has 0 saturated heterocycles. The minimum absolute atomic E-state index is 0.158. The van der Waals surface area contributed by atoms with E-state index < -0.39 is 0 Å². The first-order chi connectivity index (χ1) is 5.84. The second kappa shape index (κ2) is 3.43. The van der Waals surface area contributed by atoms with Crippen LogP contribution in [0, 0.1) is 23.2 Å². The molecule has 0 aliphatic heterocycles. The highest BCUT2D eigenvalue weighted by Crippen LogP contribution is 2.39. The number of Topliss-reactive ketones (excluding diaryl/α,β-unsaturated/α-hetero) is 1. The van der Waals surface area contributed by atoms with Gasteiger partial charge in [0.05, 0.1) is 0 Å². The number of ketones is 1. The Morgan fingerprint density at radius 2 is 1.69 bits per heavy atom. The molecule has 0 bridgehead atoms. The number of hydrogen-bond donors (Lipinski definition) is 0. The zero-order valence-electron chi connectivity index (χ0n) is 9.55. The molecule has 1 aliphatic carbocycles. The van der Waals surface area contributed by atoms with E-state index in [4.69, 9.17) is 0 Å². The minimum Gasteiger partial charge on any atom is -0.299 e. The third-order valence-electron chi connectivity index (χ3n) is 3.60. The van der Waals surface area contributed by atoms with Gasteiger partial charge in [-0.15, -0.1) is 0 Å². The number of carbonyl (C=O) groups is 1. The van der Waals surface area contributed by atoms with Crippen molar-refractivity contribution in [2.24, 2.45) is 23.2 Å². The summed E-state index contributed by atoms with van der Waals surface area (Å²) in [6.45, 7) is 10.8. The molecule has 0 unspecified atom stereocenters. The van der Waals surface area contributed by atoms with Gasteiger partial charge in [-0.25, -0.2) is 0 Å². The van der Waals surface area contributed by atoms with Crippen LogP contribution in [0.15, 0.2) is 0 Å². The molecule has 1 fully saturated rings. The Bertz CT molecular complexity index is 200. The first-order valence-corrected chi connectivity index (χ1v) is 5.37. The van der Waals surface area contributed by atoms with Gasteiger partial charge in [0.2, 0.25) is 0 Å². The van der Waals surface area contributed by atoms with Crippen LogP contribution in [-0.2, 0) is 4.79 Å². The maximum Gasteiger partial charge on any atom is 0.139 e. The fraction of sp³-hybridized carbons (Fsp3) is 0.917. The van der Waals surface area contributed by atoms with Gasteiger partial charge in [-0.1, -0.05) is 34.6 Å². The summed E-state index contributed by atoms with van der Waals surface area (Å²) in [7, 11) is 0. The molecular weight excluding hydrogens is 160 g/mol. The van der Waals surface area contributed by atoms with Crippen LogP contribution in [-0.4, -0.2) is 5.78 Å². The smallest absolute Gasteiger partial charge is 0.139 e. The molecule has 76 valence electrons. The molecule has 1 saturated carbocycles. The second-order valence-electron chi connectivity index (χ2n) is 5.66. The maximum absolute atomic E-state index is 12.0. The summed E-state index contributed by atoms with van der Waals surface area (Å²) in [5.41, 5.74) is 0.158. The largest absolute Gasteiger partial charge is 0.299 e. The Labute approximate surface area is 81.9 Å². The molecule has 0 aromatic rings. The van der Waals surface area contributed by atoms with Gasteiger partial charge in [-0.05, 0) is 24.2 Å².